The lowest BCUT2D eigenvalue weighted by atomic mass is 10.0. The van der Waals surface area contributed by atoms with E-state index in [1.165, 1.54) is 0 Å². The molecule has 6 rings (SSSR count). The molecule has 1 amide bonds. The summed E-state index contributed by atoms with van der Waals surface area (Å²) in [6, 6.07) is 19.5. The van der Waals surface area contributed by atoms with Crippen LogP contribution in [-0.2, 0) is 24.2 Å². The number of ether oxygens (including phenoxy) is 2. The number of carbonyl (C=O) groups is 1. The first-order valence-corrected chi connectivity index (χ1v) is 12.7. The Morgan fingerprint density at radius 2 is 1.84 bits per heavy atom. The number of nitrogens with one attached hydrogen (secondary N) is 1. The van der Waals surface area contributed by atoms with Crippen molar-refractivity contribution in [3.05, 3.63) is 88.6 Å². The maximum Gasteiger partial charge on any atom is 0.258 e. The lowest BCUT2D eigenvalue weighted by molar-refractivity contribution is 0.0322. The van der Waals surface area contributed by atoms with Crippen molar-refractivity contribution in [1.82, 2.24) is 20.0 Å². The maximum absolute atomic E-state index is 13.5. The SMILES string of the molecule is O=C(c1cc2c(Cc3ccccc3)n[nH]c2cc1O)N1Cc2ccc(OCCN3CCOCC3)cc2C1. The fourth-order valence-electron chi connectivity index (χ4n) is 5.09. The monoisotopic (exact) mass is 498 g/mol. The van der Waals surface area contributed by atoms with Crippen LogP contribution in [0.25, 0.3) is 10.9 Å². The highest BCUT2D eigenvalue weighted by atomic mass is 16.5. The minimum atomic E-state index is -0.197. The zero-order valence-corrected chi connectivity index (χ0v) is 20.7. The molecular weight excluding hydrogens is 468 g/mol. The third-order valence-corrected chi connectivity index (χ3v) is 7.17. The predicted molar refractivity (Wildman–Crippen MR) is 140 cm³/mol. The minimum absolute atomic E-state index is 0.0458. The molecule has 37 heavy (non-hydrogen) atoms. The Balaban J connectivity index is 1.15. The van der Waals surface area contributed by atoms with Crippen molar-refractivity contribution in [1.29, 1.82) is 0 Å². The lowest BCUT2D eigenvalue weighted by Gasteiger charge is -2.26. The van der Waals surface area contributed by atoms with Crippen LogP contribution < -0.4 is 4.74 Å². The van der Waals surface area contributed by atoms with Gasteiger partial charge in [-0.1, -0.05) is 36.4 Å². The molecule has 1 fully saturated rings. The number of carbonyl (C=O) groups excluding carboxylic acids is 1. The van der Waals surface area contributed by atoms with Crippen molar-refractivity contribution in [3.8, 4) is 11.5 Å². The van der Waals surface area contributed by atoms with Gasteiger partial charge in [0.1, 0.15) is 18.1 Å². The molecule has 0 aliphatic carbocycles. The molecule has 3 aromatic carbocycles. The molecule has 1 aromatic heterocycles. The van der Waals surface area contributed by atoms with E-state index in [0.29, 0.717) is 31.6 Å². The highest BCUT2D eigenvalue weighted by molar-refractivity contribution is 6.01. The smallest absolute Gasteiger partial charge is 0.258 e. The summed E-state index contributed by atoms with van der Waals surface area (Å²) in [6.45, 7) is 5.90. The molecule has 0 radical (unpaired) electrons. The van der Waals surface area contributed by atoms with Gasteiger partial charge >= 0.3 is 0 Å². The van der Waals surface area contributed by atoms with Crippen LogP contribution in [-0.4, -0.2) is 70.5 Å². The number of fused-ring (bicyclic) bond motifs is 2. The van der Waals surface area contributed by atoms with Crippen LogP contribution in [0, 0.1) is 0 Å². The molecule has 190 valence electrons. The number of phenolic OH excluding ortho intramolecular Hbond substituents is 1. The Bertz CT molecular complexity index is 1410. The molecule has 0 unspecified atom stereocenters. The number of hydrogen-bond acceptors (Lipinski definition) is 6. The number of hydrogen-bond donors (Lipinski definition) is 2. The first-order chi connectivity index (χ1) is 18.1. The van der Waals surface area contributed by atoms with Crippen LogP contribution in [0.15, 0.2) is 60.7 Å². The van der Waals surface area contributed by atoms with Crippen LogP contribution in [0.3, 0.4) is 0 Å². The highest BCUT2D eigenvalue weighted by Gasteiger charge is 2.27. The van der Waals surface area contributed by atoms with Crippen molar-refractivity contribution in [2.24, 2.45) is 0 Å². The average molecular weight is 499 g/mol. The summed E-state index contributed by atoms with van der Waals surface area (Å²) < 4.78 is 11.4. The van der Waals surface area contributed by atoms with Crippen molar-refractivity contribution in [3.63, 3.8) is 0 Å². The van der Waals surface area contributed by atoms with Gasteiger partial charge in [-0.3, -0.25) is 14.8 Å². The highest BCUT2D eigenvalue weighted by Crippen LogP contribution is 2.32. The summed E-state index contributed by atoms with van der Waals surface area (Å²) in [5, 5.41) is 18.9. The second-order valence-electron chi connectivity index (χ2n) is 9.64. The lowest BCUT2D eigenvalue weighted by Crippen LogP contribution is -2.38. The van der Waals surface area contributed by atoms with E-state index in [2.05, 4.69) is 27.2 Å². The van der Waals surface area contributed by atoms with Crippen molar-refractivity contribution in [2.75, 3.05) is 39.5 Å². The van der Waals surface area contributed by atoms with E-state index >= 15 is 0 Å². The molecule has 2 aliphatic rings. The summed E-state index contributed by atoms with van der Waals surface area (Å²) in [5.41, 5.74) is 5.16. The summed E-state index contributed by atoms with van der Waals surface area (Å²) >= 11 is 0. The average Bonchev–Trinajstić information content (AvgIpc) is 3.52. The van der Waals surface area contributed by atoms with Gasteiger partial charge in [0.25, 0.3) is 5.91 Å². The number of nitrogens with zero attached hydrogens (tertiary/aromatic N) is 3. The number of rotatable bonds is 7. The molecule has 4 aromatic rings. The van der Waals surface area contributed by atoms with Gasteiger partial charge in [-0.2, -0.15) is 5.10 Å². The Kier molecular flexibility index (Phi) is 6.51. The number of amides is 1. The number of H-pyrrole nitrogens is 1. The molecule has 8 heteroatoms. The molecular formula is C29H30N4O4. The largest absolute Gasteiger partial charge is 0.507 e. The number of benzene rings is 3. The van der Waals surface area contributed by atoms with Crippen molar-refractivity contribution >= 4 is 16.8 Å². The third-order valence-electron chi connectivity index (χ3n) is 7.17. The van der Waals surface area contributed by atoms with Gasteiger partial charge < -0.3 is 19.5 Å². The van der Waals surface area contributed by atoms with E-state index in [1.807, 2.05) is 36.4 Å². The molecule has 0 bridgehead atoms. The quantitative estimate of drug-likeness (QED) is 0.404. The van der Waals surface area contributed by atoms with Crippen LogP contribution in [0.4, 0.5) is 0 Å². The topological polar surface area (TPSA) is 90.9 Å². The number of aromatic nitrogens is 2. The molecule has 3 heterocycles. The minimum Gasteiger partial charge on any atom is -0.507 e. The third kappa shape index (κ3) is 5.03. The summed E-state index contributed by atoms with van der Waals surface area (Å²) in [7, 11) is 0. The van der Waals surface area contributed by atoms with E-state index < -0.39 is 0 Å². The van der Waals surface area contributed by atoms with Crippen LogP contribution in [0.2, 0.25) is 0 Å². The van der Waals surface area contributed by atoms with Crippen LogP contribution >= 0.6 is 0 Å². The number of aromatic amines is 1. The van der Waals surface area contributed by atoms with E-state index in [0.717, 1.165) is 66.4 Å². The van der Waals surface area contributed by atoms with E-state index in [4.69, 9.17) is 9.47 Å². The summed E-state index contributed by atoms with van der Waals surface area (Å²) in [6.07, 6.45) is 0.642. The maximum atomic E-state index is 13.5. The van der Waals surface area contributed by atoms with Gasteiger partial charge in [0.05, 0.1) is 30.0 Å². The summed E-state index contributed by atoms with van der Waals surface area (Å²) in [4.78, 5) is 17.6. The predicted octanol–water partition coefficient (Wildman–Crippen LogP) is 3.73. The first-order valence-electron chi connectivity index (χ1n) is 12.7. The van der Waals surface area contributed by atoms with Gasteiger partial charge in [-0.05, 0) is 34.9 Å². The fourth-order valence-corrected chi connectivity index (χ4v) is 5.09. The zero-order valence-electron chi connectivity index (χ0n) is 20.7. The van der Waals surface area contributed by atoms with Crippen LogP contribution in [0.5, 0.6) is 11.5 Å². The second-order valence-corrected chi connectivity index (χ2v) is 9.64. The Morgan fingerprint density at radius 3 is 2.68 bits per heavy atom. The van der Waals surface area contributed by atoms with Gasteiger partial charge in [-0.25, -0.2) is 0 Å². The Hall–Kier alpha value is -3.88. The van der Waals surface area contributed by atoms with Gasteiger partial charge in [-0.15, -0.1) is 0 Å². The molecule has 2 N–H and O–H groups in total. The number of morpholine rings is 1. The molecule has 0 atom stereocenters. The molecule has 0 saturated carbocycles. The van der Waals surface area contributed by atoms with E-state index in [9.17, 15) is 9.90 Å². The number of phenols is 1. The van der Waals surface area contributed by atoms with Crippen molar-refractivity contribution < 1.29 is 19.4 Å². The molecule has 2 aliphatic heterocycles. The van der Waals surface area contributed by atoms with Gasteiger partial charge in [0, 0.05) is 50.6 Å². The molecule has 8 nitrogen and oxygen atoms in total. The van der Waals surface area contributed by atoms with Gasteiger partial charge in [0.15, 0.2) is 0 Å². The zero-order chi connectivity index (χ0) is 25.2. The number of aromatic hydroxyl groups is 1. The fraction of sp³-hybridized carbons (Fsp3) is 0.310. The van der Waals surface area contributed by atoms with Crippen LogP contribution in [0.1, 0.15) is 32.7 Å². The second kappa shape index (κ2) is 10.2. The molecule has 0 spiro atoms. The van der Waals surface area contributed by atoms with E-state index in [1.54, 1.807) is 17.0 Å². The first kappa shape index (κ1) is 23.5. The normalized spacial score (nSPS) is 15.7. The standard InChI is InChI=1S/C29H30N4O4/c34-28-17-27-24(26(30-31-27)14-20-4-2-1-3-5-20)16-25(28)29(35)33-18-21-6-7-23(15-22(21)19-33)37-13-10-32-8-11-36-12-9-32/h1-7,15-17,34H,8-14,18-19H2,(H,30,31). The van der Waals surface area contributed by atoms with Gasteiger partial charge in [0.2, 0.25) is 0 Å². The Labute approximate surface area is 215 Å². The van der Waals surface area contributed by atoms with E-state index in [-0.39, 0.29) is 17.2 Å². The van der Waals surface area contributed by atoms with Crippen molar-refractivity contribution in [2.45, 2.75) is 19.5 Å². The Morgan fingerprint density at radius 1 is 1.03 bits per heavy atom. The molecule has 1 saturated heterocycles. The summed E-state index contributed by atoms with van der Waals surface area (Å²) in [5.74, 6) is 0.572.